The first-order valence-corrected chi connectivity index (χ1v) is 8.24. The van der Waals surface area contributed by atoms with Crippen LogP contribution in [-0.4, -0.2) is 50.0 Å². The number of hydrogen-bond donors (Lipinski definition) is 1. The largest absolute Gasteiger partial charge is 0.396 e. The Hall–Kier alpha value is -1.63. The van der Waals surface area contributed by atoms with E-state index in [0.717, 1.165) is 44.3 Å². The summed E-state index contributed by atoms with van der Waals surface area (Å²) >= 11 is 0. The second kappa shape index (κ2) is 6.64. The Labute approximate surface area is 129 Å². The summed E-state index contributed by atoms with van der Waals surface area (Å²) < 4.78 is 3.03. The third-order valence-corrected chi connectivity index (χ3v) is 4.70. The number of amides is 1. The number of nitrogens with zero attached hydrogens (tertiary/aromatic N) is 4. The monoisotopic (exact) mass is 308 g/mol. The number of aromatic nitrogens is 3. The molecule has 3 rings (SSSR count). The molecule has 122 valence electrons. The van der Waals surface area contributed by atoms with Gasteiger partial charge in [0.2, 0.25) is 5.91 Å². The van der Waals surface area contributed by atoms with Crippen LogP contribution in [0.4, 0.5) is 0 Å². The van der Waals surface area contributed by atoms with Crippen molar-refractivity contribution in [3.8, 4) is 0 Å². The SMILES string of the molecule is O=C(Cn1nc2n(c1=O)CCCCC2)N1CCCC(CO)C1. The molecule has 1 fully saturated rings. The predicted molar refractivity (Wildman–Crippen MR) is 80.4 cm³/mol. The van der Waals surface area contributed by atoms with Gasteiger partial charge in [-0.3, -0.25) is 9.36 Å². The summed E-state index contributed by atoms with van der Waals surface area (Å²) in [5, 5.41) is 13.6. The fraction of sp³-hybridized carbons (Fsp3) is 0.800. The van der Waals surface area contributed by atoms with Gasteiger partial charge in [-0.2, -0.15) is 5.10 Å². The molecule has 0 spiro atoms. The van der Waals surface area contributed by atoms with Crippen LogP contribution in [0.3, 0.4) is 0 Å². The maximum Gasteiger partial charge on any atom is 0.346 e. The average molecular weight is 308 g/mol. The van der Waals surface area contributed by atoms with Crippen LogP contribution in [0.5, 0.6) is 0 Å². The second-order valence-electron chi connectivity index (χ2n) is 6.35. The molecule has 7 heteroatoms. The van der Waals surface area contributed by atoms with Crippen molar-refractivity contribution in [1.29, 1.82) is 0 Å². The number of likely N-dealkylation sites (tertiary alicyclic amines) is 1. The number of fused-ring (bicyclic) bond motifs is 1. The molecule has 0 radical (unpaired) electrons. The van der Waals surface area contributed by atoms with E-state index in [1.54, 1.807) is 9.47 Å². The molecule has 0 saturated carbocycles. The van der Waals surface area contributed by atoms with Gasteiger partial charge in [-0.25, -0.2) is 9.48 Å². The van der Waals surface area contributed by atoms with Gasteiger partial charge in [-0.1, -0.05) is 6.42 Å². The Morgan fingerprint density at radius 2 is 2.09 bits per heavy atom. The normalized spacial score (nSPS) is 22.2. The maximum absolute atomic E-state index is 12.4. The number of aryl methyl sites for hydroxylation is 1. The van der Waals surface area contributed by atoms with Gasteiger partial charge >= 0.3 is 5.69 Å². The van der Waals surface area contributed by atoms with Crippen molar-refractivity contribution in [3.63, 3.8) is 0 Å². The van der Waals surface area contributed by atoms with Crippen molar-refractivity contribution < 1.29 is 9.90 Å². The number of carbonyl (C=O) groups excluding carboxylic acids is 1. The van der Waals surface area contributed by atoms with Crippen molar-refractivity contribution in [2.45, 2.75) is 51.6 Å². The summed E-state index contributed by atoms with van der Waals surface area (Å²) in [6.45, 7) is 2.12. The van der Waals surface area contributed by atoms with Crippen LogP contribution in [0.25, 0.3) is 0 Å². The van der Waals surface area contributed by atoms with Gasteiger partial charge in [0, 0.05) is 32.7 Å². The van der Waals surface area contributed by atoms with Gasteiger partial charge in [0.1, 0.15) is 12.4 Å². The standard InChI is InChI=1S/C15H24N4O3/c20-11-12-5-4-7-17(9-12)14(21)10-19-15(22)18-8-3-1-2-6-13(18)16-19/h12,20H,1-11H2. The molecule has 1 unspecified atom stereocenters. The highest BCUT2D eigenvalue weighted by Crippen LogP contribution is 2.16. The lowest BCUT2D eigenvalue weighted by molar-refractivity contribution is -0.134. The number of aliphatic hydroxyl groups is 1. The zero-order valence-electron chi connectivity index (χ0n) is 12.9. The Kier molecular flexibility index (Phi) is 4.61. The van der Waals surface area contributed by atoms with E-state index in [2.05, 4.69) is 5.10 Å². The van der Waals surface area contributed by atoms with Gasteiger partial charge in [0.05, 0.1) is 0 Å². The van der Waals surface area contributed by atoms with E-state index in [-0.39, 0.29) is 30.7 Å². The third-order valence-electron chi connectivity index (χ3n) is 4.70. The fourth-order valence-electron chi connectivity index (χ4n) is 3.40. The minimum absolute atomic E-state index is 0.0109. The van der Waals surface area contributed by atoms with Crippen LogP contribution in [-0.2, 0) is 24.3 Å². The molecule has 2 aliphatic heterocycles. The summed E-state index contributed by atoms with van der Waals surface area (Å²) in [6, 6.07) is 0. The van der Waals surface area contributed by atoms with Gasteiger partial charge in [0.25, 0.3) is 0 Å². The Balaban J connectivity index is 1.70. The minimum Gasteiger partial charge on any atom is -0.396 e. The first-order chi connectivity index (χ1) is 10.7. The highest BCUT2D eigenvalue weighted by atomic mass is 16.3. The Morgan fingerprint density at radius 3 is 2.91 bits per heavy atom. The van der Waals surface area contributed by atoms with Crippen molar-refractivity contribution in [2.24, 2.45) is 5.92 Å². The highest BCUT2D eigenvalue weighted by molar-refractivity contribution is 5.76. The second-order valence-corrected chi connectivity index (χ2v) is 6.35. The Morgan fingerprint density at radius 1 is 1.23 bits per heavy atom. The van der Waals surface area contributed by atoms with Gasteiger partial charge in [-0.05, 0) is 31.6 Å². The number of aliphatic hydroxyl groups excluding tert-OH is 1. The summed E-state index contributed by atoms with van der Waals surface area (Å²) in [7, 11) is 0. The smallest absolute Gasteiger partial charge is 0.346 e. The summed E-state index contributed by atoms with van der Waals surface area (Å²) in [5.74, 6) is 0.892. The highest BCUT2D eigenvalue weighted by Gasteiger charge is 2.25. The van der Waals surface area contributed by atoms with E-state index in [1.807, 2.05) is 0 Å². The first-order valence-electron chi connectivity index (χ1n) is 8.24. The zero-order chi connectivity index (χ0) is 15.5. The Bertz CT molecular complexity index is 592. The van der Waals surface area contributed by atoms with Crippen LogP contribution in [0.1, 0.15) is 37.9 Å². The van der Waals surface area contributed by atoms with E-state index >= 15 is 0 Å². The van der Waals surface area contributed by atoms with Crippen LogP contribution in [0, 0.1) is 5.92 Å². The van der Waals surface area contributed by atoms with Crippen LogP contribution in [0.15, 0.2) is 4.79 Å². The van der Waals surface area contributed by atoms with Crippen molar-refractivity contribution in [3.05, 3.63) is 16.3 Å². The molecule has 2 aliphatic rings. The third kappa shape index (κ3) is 3.09. The molecule has 7 nitrogen and oxygen atoms in total. The van der Waals surface area contributed by atoms with Gasteiger partial charge in [-0.15, -0.1) is 0 Å². The molecule has 1 N–H and O–H groups in total. The van der Waals surface area contributed by atoms with E-state index in [9.17, 15) is 14.7 Å². The topological polar surface area (TPSA) is 80.4 Å². The molecule has 0 aromatic carbocycles. The fourth-order valence-corrected chi connectivity index (χ4v) is 3.40. The van der Waals surface area contributed by atoms with Crippen molar-refractivity contribution in [1.82, 2.24) is 19.2 Å². The average Bonchev–Trinajstić information content (AvgIpc) is 2.71. The van der Waals surface area contributed by atoms with E-state index in [4.69, 9.17) is 0 Å². The quantitative estimate of drug-likeness (QED) is 0.852. The summed E-state index contributed by atoms with van der Waals surface area (Å²) in [5.41, 5.74) is -0.166. The van der Waals surface area contributed by atoms with Crippen molar-refractivity contribution >= 4 is 5.91 Å². The zero-order valence-corrected chi connectivity index (χ0v) is 12.9. The lowest BCUT2D eigenvalue weighted by atomic mass is 9.99. The van der Waals surface area contributed by atoms with E-state index < -0.39 is 0 Å². The van der Waals surface area contributed by atoms with Crippen LogP contribution < -0.4 is 5.69 Å². The lowest BCUT2D eigenvalue weighted by Gasteiger charge is -2.31. The summed E-state index contributed by atoms with van der Waals surface area (Å²) in [6.07, 6.45) is 5.85. The van der Waals surface area contributed by atoms with Crippen LogP contribution >= 0.6 is 0 Å². The molecule has 1 aromatic heterocycles. The number of carbonyl (C=O) groups is 1. The molecular weight excluding hydrogens is 284 g/mol. The summed E-state index contributed by atoms with van der Waals surface area (Å²) in [4.78, 5) is 26.5. The molecule has 1 aromatic rings. The minimum atomic E-state index is -0.166. The molecule has 1 saturated heterocycles. The van der Waals surface area contributed by atoms with E-state index in [1.165, 1.54) is 4.68 Å². The maximum atomic E-state index is 12.4. The van der Waals surface area contributed by atoms with Crippen LogP contribution in [0.2, 0.25) is 0 Å². The van der Waals surface area contributed by atoms with E-state index in [0.29, 0.717) is 19.6 Å². The molecule has 0 aliphatic carbocycles. The molecule has 3 heterocycles. The molecule has 0 bridgehead atoms. The number of piperidine rings is 1. The predicted octanol–water partition coefficient (Wildman–Crippen LogP) is 0.00210. The molecule has 1 amide bonds. The molecular formula is C15H24N4O3. The first kappa shape index (κ1) is 15.3. The molecule has 1 atom stereocenters. The lowest BCUT2D eigenvalue weighted by Crippen LogP contribution is -2.43. The van der Waals surface area contributed by atoms with Crippen molar-refractivity contribution in [2.75, 3.05) is 19.7 Å². The number of hydrogen-bond acceptors (Lipinski definition) is 4. The number of rotatable bonds is 3. The van der Waals surface area contributed by atoms with Gasteiger partial charge < -0.3 is 10.0 Å². The van der Waals surface area contributed by atoms with Gasteiger partial charge in [0.15, 0.2) is 0 Å². The molecule has 22 heavy (non-hydrogen) atoms.